The molecular weight excluding hydrogens is 154 g/mol. The second-order valence-electron chi connectivity index (χ2n) is 0.471. The molecular formula is FKO4S. The van der Waals surface area contributed by atoms with Crippen LogP contribution in [0.15, 0.2) is 0 Å². The first-order valence-corrected chi connectivity index (χ1v) is 2.15. The topological polar surface area (TPSA) is 66.4 Å². The van der Waals surface area contributed by atoms with Gasteiger partial charge in [-0.1, -0.05) is 4.39 Å². The van der Waals surface area contributed by atoms with E-state index >= 15 is 0 Å². The molecule has 0 radical (unpaired) electrons. The Morgan fingerprint density at radius 1 is 1.57 bits per heavy atom. The summed E-state index contributed by atoms with van der Waals surface area (Å²) in [7, 11) is -5.08. The first-order valence-electron chi connectivity index (χ1n) is 0.821. The largest absolute Gasteiger partial charge is 1.00 e. The van der Waals surface area contributed by atoms with E-state index in [0.717, 1.165) is 0 Å². The predicted molar refractivity (Wildman–Crippen MR) is 11.9 cm³/mol. The van der Waals surface area contributed by atoms with E-state index in [2.05, 4.69) is 0 Å². The Hall–Kier alpha value is 1.44. The van der Waals surface area contributed by atoms with E-state index in [4.69, 9.17) is 13.0 Å². The van der Waals surface area contributed by atoms with Gasteiger partial charge in [0.05, 0.1) is 0 Å². The van der Waals surface area contributed by atoms with Gasteiger partial charge in [-0.25, -0.2) is 8.42 Å². The Balaban J connectivity index is 0. The van der Waals surface area contributed by atoms with Crippen molar-refractivity contribution in [2.45, 2.75) is 0 Å². The fourth-order valence-electron chi connectivity index (χ4n) is 0. The minimum Gasteiger partial charge on any atom is -0.724 e. The molecule has 0 saturated carbocycles. The van der Waals surface area contributed by atoms with Crippen LogP contribution < -0.4 is 51.4 Å². The van der Waals surface area contributed by atoms with Gasteiger partial charge in [-0.3, -0.25) is 0 Å². The number of rotatable bonds is 1. The molecule has 0 aliphatic heterocycles. The van der Waals surface area contributed by atoms with E-state index in [0.29, 0.717) is 0 Å². The molecule has 38 valence electrons. The van der Waals surface area contributed by atoms with Crippen LogP contribution in [0.25, 0.3) is 0 Å². The predicted octanol–water partition coefficient (Wildman–Crippen LogP) is -3.65. The molecule has 0 aromatic carbocycles. The smallest absolute Gasteiger partial charge is 0.724 e. The Bertz CT molecular complexity index is 114. The summed E-state index contributed by atoms with van der Waals surface area (Å²) < 4.78 is 38.5. The van der Waals surface area contributed by atoms with Crippen LogP contribution in [-0.4, -0.2) is 13.0 Å². The number of halogens is 1. The maximum atomic E-state index is 10.1. The Labute approximate surface area is 82.3 Å². The van der Waals surface area contributed by atoms with Crippen molar-refractivity contribution in [1.82, 2.24) is 0 Å². The van der Waals surface area contributed by atoms with Crippen LogP contribution in [0.5, 0.6) is 0 Å². The van der Waals surface area contributed by atoms with Crippen molar-refractivity contribution in [3.05, 3.63) is 0 Å². The van der Waals surface area contributed by atoms with Crippen molar-refractivity contribution >= 4 is 10.4 Å². The van der Waals surface area contributed by atoms with Gasteiger partial charge in [0.15, 0.2) is 0 Å². The van der Waals surface area contributed by atoms with Crippen LogP contribution in [0.3, 0.4) is 0 Å². The summed E-state index contributed by atoms with van der Waals surface area (Å²) in [6.07, 6.45) is 0. The molecule has 0 saturated heterocycles. The molecule has 0 aromatic rings. The molecule has 0 amide bonds. The zero-order valence-electron chi connectivity index (χ0n) is 3.42. The fraction of sp³-hybridized carbons (Fsp3) is 0. The van der Waals surface area contributed by atoms with Crippen LogP contribution in [0.1, 0.15) is 0 Å². The molecule has 0 spiro atoms. The summed E-state index contributed by atoms with van der Waals surface area (Å²) in [6, 6.07) is 0. The summed E-state index contributed by atoms with van der Waals surface area (Å²) in [5.74, 6) is 0. The van der Waals surface area contributed by atoms with Crippen molar-refractivity contribution in [2.24, 2.45) is 0 Å². The molecule has 4 nitrogen and oxygen atoms in total. The van der Waals surface area contributed by atoms with Crippen LogP contribution in [-0.2, 0) is 14.8 Å². The summed E-state index contributed by atoms with van der Waals surface area (Å²) >= 11 is 0. The van der Waals surface area contributed by atoms with Gasteiger partial charge in [-0.15, -0.1) is 0 Å². The van der Waals surface area contributed by atoms with Crippen molar-refractivity contribution in [3.8, 4) is 0 Å². The van der Waals surface area contributed by atoms with Crippen LogP contribution >= 0.6 is 0 Å². The fourth-order valence-corrected chi connectivity index (χ4v) is 0. The van der Waals surface area contributed by atoms with Crippen LogP contribution in [0.2, 0.25) is 0 Å². The van der Waals surface area contributed by atoms with Crippen LogP contribution in [0, 0.1) is 0 Å². The third-order valence-corrected chi connectivity index (χ3v) is 0.231. The van der Waals surface area contributed by atoms with Gasteiger partial charge in [-0.2, -0.15) is 0 Å². The quantitative estimate of drug-likeness (QED) is 0.222. The third kappa shape index (κ3) is 11.2. The van der Waals surface area contributed by atoms with Crippen molar-refractivity contribution in [2.75, 3.05) is 0 Å². The Kier molecular flexibility index (Phi) is 6.96. The van der Waals surface area contributed by atoms with Crippen LogP contribution in [0.4, 0.5) is 4.53 Å². The second-order valence-corrected chi connectivity index (χ2v) is 1.41. The Morgan fingerprint density at radius 3 is 1.71 bits per heavy atom. The summed E-state index contributed by atoms with van der Waals surface area (Å²) in [5.41, 5.74) is 0. The Morgan fingerprint density at radius 2 is 1.71 bits per heavy atom. The molecule has 0 bridgehead atoms. The molecule has 0 unspecified atom stereocenters. The normalized spacial score (nSPS) is 10.0. The standard InChI is InChI=1S/FHO4S.K/c1-5-6(2,3)4;/h(H,2,3,4);/q;+1/p-1. The molecule has 0 aliphatic rings. The van der Waals surface area contributed by atoms with Crippen molar-refractivity contribution < 1.29 is 73.3 Å². The molecule has 0 atom stereocenters. The maximum Gasteiger partial charge on any atom is 1.00 e. The molecule has 7 heteroatoms. The van der Waals surface area contributed by atoms with Gasteiger partial charge in [0.2, 0.25) is 10.4 Å². The molecule has 0 fully saturated rings. The van der Waals surface area contributed by atoms with Crippen molar-refractivity contribution in [3.63, 3.8) is 0 Å². The van der Waals surface area contributed by atoms with Crippen molar-refractivity contribution in [1.29, 1.82) is 0 Å². The zero-order chi connectivity index (χ0) is 5.21. The average Bonchev–Trinajstić information content (AvgIpc) is 1.35. The molecule has 7 heavy (non-hydrogen) atoms. The van der Waals surface area contributed by atoms with Gasteiger partial charge in [0, 0.05) is 0 Å². The molecule has 0 heterocycles. The van der Waals surface area contributed by atoms with E-state index < -0.39 is 10.4 Å². The third-order valence-electron chi connectivity index (χ3n) is 0.0772. The number of hydrogen-bond acceptors (Lipinski definition) is 4. The molecule has 0 N–H and O–H groups in total. The van der Waals surface area contributed by atoms with E-state index in [1.807, 2.05) is 4.39 Å². The van der Waals surface area contributed by atoms with Gasteiger partial charge in [0.1, 0.15) is 0 Å². The SMILES string of the molecule is O=S(=O)([O-])OF.[K+]. The molecule has 0 rings (SSSR count). The van der Waals surface area contributed by atoms with E-state index in [1.54, 1.807) is 0 Å². The van der Waals surface area contributed by atoms with Gasteiger partial charge >= 0.3 is 51.4 Å². The summed E-state index contributed by atoms with van der Waals surface area (Å²) in [4.78, 5) is 0. The minimum atomic E-state index is -5.08. The van der Waals surface area contributed by atoms with Gasteiger partial charge in [-0.05, 0) is 4.53 Å². The van der Waals surface area contributed by atoms with E-state index in [-0.39, 0.29) is 51.4 Å². The van der Waals surface area contributed by atoms with E-state index in [1.165, 1.54) is 0 Å². The van der Waals surface area contributed by atoms with E-state index in [9.17, 15) is 4.53 Å². The molecule has 0 aliphatic carbocycles. The summed E-state index contributed by atoms with van der Waals surface area (Å²) in [5, 5.41) is 0. The maximum absolute atomic E-state index is 10.1. The second kappa shape index (κ2) is 4.33. The first-order chi connectivity index (χ1) is 2.56. The van der Waals surface area contributed by atoms with Gasteiger partial charge < -0.3 is 4.55 Å². The molecule has 0 aromatic heterocycles. The minimum absolute atomic E-state index is 0. The number of hydrogen-bond donors (Lipinski definition) is 0. The monoisotopic (exact) mass is 154 g/mol. The first kappa shape index (κ1) is 11.3. The zero-order valence-corrected chi connectivity index (χ0v) is 7.36. The van der Waals surface area contributed by atoms with Gasteiger partial charge in [0.25, 0.3) is 0 Å². The average molecular weight is 154 g/mol. The summed E-state index contributed by atoms with van der Waals surface area (Å²) in [6.45, 7) is 0.